The Kier molecular flexibility index (Phi) is 7.53. The Labute approximate surface area is 188 Å². The summed E-state index contributed by atoms with van der Waals surface area (Å²) in [6, 6.07) is 17.3. The van der Waals surface area contributed by atoms with Gasteiger partial charge in [0.05, 0.1) is 31.1 Å². The fraction of sp³-hybridized carbons (Fsp3) is 0.360. The van der Waals surface area contributed by atoms with E-state index in [0.29, 0.717) is 36.8 Å². The van der Waals surface area contributed by atoms with Crippen molar-refractivity contribution in [2.24, 2.45) is 0 Å². The maximum Gasteiger partial charge on any atom is 0.255 e. The maximum absolute atomic E-state index is 13.1. The van der Waals surface area contributed by atoms with Crippen molar-refractivity contribution in [1.82, 2.24) is 15.1 Å². The first-order valence-electron chi connectivity index (χ1n) is 11.0. The molecule has 1 aliphatic heterocycles. The smallest absolute Gasteiger partial charge is 0.255 e. The Hall–Kier alpha value is -3.16. The first-order valence-corrected chi connectivity index (χ1v) is 11.0. The summed E-state index contributed by atoms with van der Waals surface area (Å²) < 4.78 is 18.5. The molecular weight excluding hydrogens is 406 g/mol. The highest BCUT2D eigenvalue weighted by atomic mass is 16.5. The van der Waals surface area contributed by atoms with Crippen LogP contribution in [0.5, 0.6) is 5.75 Å². The van der Waals surface area contributed by atoms with Gasteiger partial charge >= 0.3 is 0 Å². The van der Waals surface area contributed by atoms with E-state index in [0.717, 1.165) is 37.1 Å². The summed E-state index contributed by atoms with van der Waals surface area (Å²) in [5, 5.41) is 7.71. The standard InChI is InChI=1S/C25H29N3O4/c1-30-23-13-6-5-12-21(23)24-22(17-28(27-24)19-9-3-2-4-10-19)25(29)26-14-8-15-31-18-20-11-7-16-32-20/h2-6,9-10,12-13,17,20H,7-8,11,14-16,18H2,1H3,(H,26,29). The molecule has 3 aromatic rings. The van der Waals surface area contributed by atoms with Crippen LogP contribution >= 0.6 is 0 Å². The summed E-state index contributed by atoms with van der Waals surface area (Å²) in [7, 11) is 1.61. The molecule has 7 nitrogen and oxygen atoms in total. The lowest BCUT2D eigenvalue weighted by Gasteiger charge is -2.10. The number of nitrogens with zero attached hydrogens (tertiary/aromatic N) is 2. The van der Waals surface area contributed by atoms with Gasteiger partial charge in [-0.15, -0.1) is 0 Å². The van der Waals surface area contributed by atoms with Crippen molar-refractivity contribution in [2.45, 2.75) is 25.4 Å². The highest BCUT2D eigenvalue weighted by Gasteiger charge is 2.21. The van der Waals surface area contributed by atoms with E-state index < -0.39 is 0 Å². The van der Waals surface area contributed by atoms with E-state index in [-0.39, 0.29) is 12.0 Å². The van der Waals surface area contributed by atoms with Gasteiger partial charge < -0.3 is 19.5 Å². The molecule has 1 atom stereocenters. The average molecular weight is 436 g/mol. The van der Waals surface area contributed by atoms with E-state index in [1.54, 1.807) is 18.0 Å². The lowest BCUT2D eigenvalue weighted by atomic mass is 10.1. The average Bonchev–Trinajstić information content (AvgIpc) is 3.52. The summed E-state index contributed by atoms with van der Waals surface area (Å²) in [6.07, 6.45) is 4.88. The number of amides is 1. The van der Waals surface area contributed by atoms with Crippen LogP contribution < -0.4 is 10.1 Å². The molecule has 1 aromatic heterocycles. The third kappa shape index (κ3) is 5.36. The summed E-state index contributed by atoms with van der Waals surface area (Å²) in [5.41, 5.74) is 2.73. The first kappa shape index (κ1) is 22.0. The SMILES string of the molecule is COc1ccccc1-c1nn(-c2ccccc2)cc1C(=O)NCCCOCC1CCCO1. The van der Waals surface area contributed by atoms with Gasteiger partial charge in [0.15, 0.2) is 0 Å². The molecule has 7 heteroatoms. The number of para-hydroxylation sites is 2. The lowest BCUT2D eigenvalue weighted by Crippen LogP contribution is -2.26. The molecule has 4 rings (SSSR count). The Morgan fingerprint density at radius 3 is 2.78 bits per heavy atom. The molecule has 1 aliphatic rings. The molecule has 0 bridgehead atoms. The summed E-state index contributed by atoms with van der Waals surface area (Å²) in [5.74, 6) is 0.495. The monoisotopic (exact) mass is 435 g/mol. The van der Waals surface area contributed by atoms with E-state index in [9.17, 15) is 4.79 Å². The third-order valence-electron chi connectivity index (χ3n) is 5.42. The zero-order chi connectivity index (χ0) is 22.2. The lowest BCUT2D eigenvalue weighted by molar-refractivity contribution is 0.0166. The highest BCUT2D eigenvalue weighted by Crippen LogP contribution is 2.31. The van der Waals surface area contributed by atoms with Crippen LogP contribution in [0.15, 0.2) is 60.8 Å². The Balaban J connectivity index is 1.45. The van der Waals surface area contributed by atoms with Crippen LogP contribution in [0.3, 0.4) is 0 Å². The topological polar surface area (TPSA) is 74.6 Å². The molecule has 0 radical (unpaired) electrons. The zero-order valence-electron chi connectivity index (χ0n) is 18.3. The predicted octanol–water partition coefficient (Wildman–Crippen LogP) is 3.86. The van der Waals surface area contributed by atoms with Crippen LogP contribution in [0.25, 0.3) is 16.9 Å². The van der Waals surface area contributed by atoms with Gasteiger partial charge in [-0.05, 0) is 43.5 Å². The number of hydrogen-bond acceptors (Lipinski definition) is 5. The van der Waals surface area contributed by atoms with Gasteiger partial charge in [0.25, 0.3) is 5.91 Å². The van der Waals surface area contributed by atoms with E-state index >= 15 is 0 Å². The van der Waals surface area contributed by atoms with Crippen molar-refractivity contribution in [2.75, 3.05) is 33.5 Å². The largest absolute Gasteiger partial charge is 0.496 e. The van der Waals surface area contributed by atoms with Crippen LogP contribution in [0.1, 0.15) is 29.6 Å². The van der Waals surface area contributed by atoms with Crippen LogP contribution in [-0.4, -0.2) is 55.3 Å². The summed E-state index contributed by atoms with van der Waals surface area (Å²) in [6.45, 7) is 2.56. The van der Waals surface area contributed by atoms with E-state index in [1.807, 2.05) is 54.6 Å². The van der Waals surface area contributed by atoms with Crippen LogP contribution in [-0.2, 0) is 9.47 Å². The minimum Gasteiger partial charge on any atom is -0.496 e. The number of benzene rings is 2. The van der Waals surface area contributed by atoms with Gasteiger partial charge in [0.2, 0.25) is 0 Å². The molecule has 1 amide bonds. The van der Waals surface area contributed by atoms with Gasteiger partial charge in [0.1, 0.15) is 11.4 Å². The Morgan fingerprint density at radius 2 is 2.00 bits per heavy atom. The van der Waals surface area contributed by atoms with Crippen LogP contribution in [0.2, 0.25) is 0 Å². The van der Waals surface area contributed by atoms with Crippen molar-refractivity contribution in [1.29, 1.82) is 0 Å². The summed E-state index contributed by atoms with van der Waals surface area (Å²) in [4.78, 5) is 13.1. The van der Waals surface area contributed by atoms with E-state index in [4.69, 9.17) is 19.3 Å². The minimum atomic E-state index is -0.174. The zero-order valence-corrected chi connectivity index (χ0v) is 18.3. The number of aromatic nitrogens is 2. The quantitative estimate of drug-likeness (QED) is 0.490. The highest BCUT2D eigenvalue weighted by molar-refractivity contribution is 6.00. The third-order valence-corrected chi connectivity index (χ3v) is 5.42. The molecule has 1 unspecified atom stereocenters. The van der Waals surface area contributed by atoms with Crippen molar-refractivity contribution >= 4 is 5.91 Å². The molecule has 0 aliphatic carbocycles. The second kappa shape index (κ2) is 10.9. The minimum absolute atomic E-state index is 0.174. The molecule has 1 N–H and O–H groups in total. The van der Waals surface area contributed by atoms with E-state index in [2.05, 4.69) is 5.32 Å². The number of carbonyl (C=O) groups excluding carboxylic acids is 1. The number of ether oxygens (including phenoxy) is 3. The molecule has 0 spiro atoms. The molecule has 0 saturated carbocycles. The van der Waals surface area contributed by atoms with Crippen molar-refractivity contribution < 1.29 is 19.0 Å². The fourth-order valence-electron chi connectivity index (χ4n) is 3.75. The summed E-state index contributed by atoms with van der Waals surface area (Å²) >= 11 is 0. The van der Waals surface area contributed by atoms with Gasteiger partial charge in [-0.2, -0.15) is 5.10 Å². The Morgan fingerprint density at radius 1 is 1.19 bits per heavy atom. The number of methoxy groups -OCH3 is 1. The molecule has 2 heterocycles. The normalized spacial score (nSPS) is 15.6. The molecule has 1 saturated heterocycles. The van der Waals surface area contributed by atoms with Gasteiger partial charge in [-0.1, -0.05) is 30.3 Å². The second-order valence-corrected chi connectivity index (χ2v) is 7.69. The number of rotatable bonds is 10. The second-order valence-electron chi connectivity index (χ2n) is 7.69. The molecule has 168 valence electrons. The molecular formula is C25H29N3O4. The van der Waals surface area contributed by atoms with Crippen molar-refractivity contribution in [3.8, 4) is 22.7 Å². The molecule has 32 heavy (non-hydrogen) atoms. The number of carbonyl (C=O) groups is 1. The van der Waals surface area contributed by atoms with Gasteiger partial charge in [-0.3, -0.25) is 4.79 Å². The van der Waals surface area contributed by atoms with Gasteiger partial charge in [0, 0.05) is 31.5 Å². The number of nitrogens with one attached hydrogen (secondary N) is 1. The van der Waals surface area contributed by atoms with Crippen LogP contribution in [0.4, 0.5) is 0 Å². The maximum atomic E-state index is 13.1. The van der Waals surface area contributed by atoms with E-state index in [1.165, 1.54) is 0 Å². The molecule has 2 aromatic carbocycles. The van der Waals surface area contributed by atoms with Crippen molar-refractivity contribution in [3.63, 3.8) is 0 Å². The van der Waals surface area contributed by atoms with Crippen LogP contribution in [0, 0.1) is 0 Å². The fourth-order valence-corrected chi connectivity index (χ4v) is 3.75. The molecule has 1 fully saturated rings. The first-order chi connectivity index (χ1) is 15.8. The Bertz CT molecular complexity index is 1010. The predicted molar refractivity (Wildman–Crippen MR) is 122 cm³/mol. The van der Waals surface area contributed by atoms with Crippen molar-refractivity contribution in [3.05, 3.63) is 66.4 Å². The van der Waals surface area contributed by atoms with Gasteiger partial charge in [-0.25, -0.2) is 4.68 Å². The number of hydrogen-bond donors (Lipinski definition) is 1.